The van der Waals surface area contributed by atoms with E-state index < -0.39 is 47.7 Å². The summed E-state index contributed by atoms with van der Waals surface area (Å²) in [6.07, 6.45) is -1.32. The zero-order chi connectivity index (χ0) is 20.1. The molecule has 0 spiro atoms. The lowest BCUT2D eigenvalue weighted by Crippen LogP contribution is -2.32. The van der Waals surface area contributed by atoms with Crippen LogP contribution in [-0.4, -0.2) is 24.6 Å². The molecule has 0 bridgehead atoms. The highest BCUT2D eigenvalue weighted by Gasteiger charge is 2.21. The van der Waals surface area contributed by atoms with Gasteiger partial charge in [0.2, 0.25) is 0 Å². The standard InChI is InChI=1S/C18H15ClF3NO4/c1-9-7-11(3-4-12(9)19)26-8-15(24)27-10(2)18(25)23-14-6-5-13(20)16(21)17(14)22/h3-7,10H,8H2,1-2H3,(H,23,25)/t10-/m0/s1. The molecule has 1 atom stereocenters. The highest BCUT2D eigenvalue weighted by atomic mass is 35.5. The fourth-order valence-electron chi connectivity index (χ4n) is 1.99. The second-order valence-corrected chi connectivity index (χ2v) is 5.95. The number of ether oxygens (including phenoxy) is 2. The predicted octanol–water partition coefficient (Wildman–Crippen LogP) is 4.01. The number of aryl methyl sites for hydroxylation is 1. The minimum Gasteiger partial charge on any atom is -0.482 e. The van der Waals surface area contributed by atoms with Gasteiger partial charge in [0.25, 0.3) is 5.91 Å². The van der Waals surface area contributed by atoms with Gasteiger partial charge in [-0.3, -0.25) is 4.79 Å². The van der Waals surface area contributed by atoms with Crippen molar-refractivity contribution in [1.29, 1.82) is 0 Å². The lowest BCUT2D eigenvalue weighted by molar-refractivity contribution is -0.155. The number of esters is 1. The van der Waals surface area contributed by atoms with E-state index in [0.29, 0.717) is 16.8 Å². The Balaban J connectivity index is 1.89. The molecule has 0 fully saturated rings. The molecule has 9 heteroatoms. The number of anilines is 1. The van der Waals surface area contributed by atoms with Gasteiger partial charge in [-0.1, -0.05) is 11.6 Å². The number of nitrogens with one attached hydrogen (secondary N) is 1. The van der Waals surface area contributed by atoms with E-state index in [4.69, 9.17) is 21.1 Å². The van der Waals surface area contributed by atoms with Crippen LogP contribution in [0.4, 0.5) is 18.9 Å². The van der Waals surface area contributed by atoms with E-state index in [2.05, 4.69) is 0 Å². The fraction of sp³-hybridized carbons (Fsp3) is 0.222. The van der Waals surface area contributed by atoms with E-state index in [1.54, 1.807) is 25.1 Å². The molecule has 0 saturated heterocycles. The summed E-state index contributed by atoms with van der Waals surface area (Å²) in [6.45, 7) is 2.52. The molecule has 0 aromatic heterocycles. The second kappa shape index (κ2) is 8.77. The van der Waals surface area contributed by atoms with E-state index >= 15 is 0 Å². The maximum Gasteiger partial charge on any atom is 0.344 e. The minimum atomic E-state index is -1.72. The van der Waals surface area contributed by atoms with Crippen LogP contribution in [0.15, 0.2) is 30.3 Å². The van der Waals surface area contributed by atoms with Gasteiger partial charge in [0, 0.05) is 5.02 Å². The number of benzene rings is 2. The Morgan fingerprint density at radius 1 is 1.15 bits per heavy atom. The largest absolute Gasteiger partial charge is 0.482 e. The summed E-state index contributed by atoms with van der Waals surface area (Å²) in [5.41, 5.74) is 0.179. The van der Waals surface area contributed by atoms with Crippen LogP contribution < -0.4 is 10.1 Å². The van der Waals surface area contributed by atoms with Crippen molar-refractivity contribution in [3.05, 3.63) is 58.4 Å². The zero-order valence-electron chi connectivity index (χ0n) is 14.3. The molecule has 0 aliphatic rings. The van der Waals surface area contributed by atoms with Gasteiger partial charge >= 0.3 is 5.97 Å². The average molecular weight is 402 g/mol. The van der Waals surface area contributed by atoms with Gasteiger partial charge < -0.3 is 14.8 Å². The van der Waals surface area contributed by atoms with Crippen LogP contribution in [0.25, 0.3) is 0 Å². The molecule has 0 saturated carbocycles. The average Bonchev–Trinajstić information content (AvgIpc) is 2.63. The quantitative estimate of drug-likeness (QED) is 0.586. The molecular formula is C18H15ClF3NO4. The summed E-state index contributed by atoms with van der Waals surface area (Å²) in [7, 11) is 0. The number of hydrogen-bond donors (Lipinski definition) is 1. The number of halogens is 4. The molecule has 144 valence electrons. The molecule has 5 nitrogen and oxygen atoms in total. The first-order valence-electron chi connectivity index (χ1n) is 7.72. The molecule has 0 heterocycles. The van der Waals surface area contributed by atoms with Crippen LogP contribution in [0, 0.1) is 24.4 Å². The van der Waals surface area contributed by atoms with Gasteiger partial charge in [0.15, 0.2) is 30.2 Å². The van der Waals surface area contributed by atoms with Crippen LogP contribution in [0.3, 0.4) is 0 Å². The van der Waals surface area contributed by atoms with Crippen LogP contribution in [0.1, 0.15) is 12.5 Å². The van der Waals surface area contributed by atoms with Crippen molar-refractivity contribution in [3.8, 4) is 5.75 Å². The first kappa shape index (κ1) is 20.6. The van der Waals surface area contributed by atoms with E-state index in [1.165, 1.54) is 6.92 Å². The molecule has 0 unspecified atom stereocenters. The van der Waals surface area contributed by atoms with Crippen LogP contribution in [0.5, 0.6) is 5.75 Å². The third-order valence-corrected chi connectivity index (χ3v) is 3.88. The third-order valence-electron chi connectivity index (χ3n) is 3.46. The SMILES string of the molecule is Cc1cc(OCC(=O)O[C@@H](C)C(=O)Nc2ccc(F)c(F)c2F)ccc1Cl. The second-order valence-electron chi connectivity index (χ2n) is 5.54. The molecule has 2 rings (SSSR count). The summed E-state index contributed by atoms with van der Waals surface area (Å²) < 4.78 is 49.7. The molecule has 0 radical (unpaired) electrons. The van der Waals surface area contributed by atoms with Gasteiger partial charge in [-0.15, -0.1) is 0 Å². The van der Waals surface area contributed by atoms with E-state index in [1.807, 2.05) is 5.32 Å². The summed E-state index contributed by atoms with van der Waals surface area (Å²) in [4.78, 5) is 23.7. The lowest BCUT2D eigenvalue weighted by Gasteiger charge is -2.14. The fourth-order valence-corrected chi connectivity index (χ4v) is 2.11. The van der Waals surface area contributed by atoms with Crippen molar-refractivity contribution in [2.45, 2.75) is 20.0 Å². The topological polar surface area (TPSA) is 64.6 Å². The number of hydrogen-bond acceptors (Lipinski definition) is 4. The zero-order valence-corrected chi connectivity index (χ0v) is 15.1. The summed E-state index contributed by atoms with van der Waals surface area (Å²) in [5.74, 6) is -6.05. The van der Waals surface area contributed by atoms with Crippen molar-refractivity contribution < 1.29 is 32.2 Å². The Morgan fingerprint density at radius 2 is 1.85 bits per heavy atom. The summed E-state index contributed by atoms with van der Waals surface area (Å²) >= 11 is 5.88. The van der Waals surface area contributed by atoms with Crippen LogP contribution >= 0.6 is 11.6 Å². The smallest absolute Gasteiger partial charge is 0.344 e. The minimum absolute atomic E-state index is 0.384. The predicted molar refractivity (Wildman–Crippen MR) is 92.2 cm³/mol. The Bertz CT molecular complexity index is 876. The number of carbonyl (C=O) groups is 2. The Hall–Kier alpha value is -2.74. The van der Waals surface area contributed by atoms with Crippen molar-refractivity contribution in [2.24, 2.45) is 0 Å². The maximum atomic E-state index is 13.6. The van der Waals surface area contributed by atoms with Gasteiger partial charge in [-0.2, -0.15) is 0 Å². The highest BCUT2D eigenvalue weighted by Crippen LogP contribution is 2.21. The number of rotatable bonds is 6. The maximum absolute atomic E-state index is 13.6. The number of amides is 1. The molecule has 2 aromatic rings. The van der Waals surface area contributed by atoms with E-state index in [-0.39, 0.29) is 0 Å². The molecule has 2 aromatic carbocycles. The molecule has 27 heavy (non-hydrogen) atoms. The van der Waals surface area contributed by atoms with Crippen molar-refractivity contribution in [1.82, 2.24) is 0 Å². The first-order chi connectivity index (χ1) is 12.7. The Labute approximate surface area is 158 Å². The van der Waals surface area contributed by atoms with Gasteiger partial charge in [0.1, 0.15) is 5.75 Å². The van der Waals surface area contributed by atoms with Gasteiger partial charge in [-0.05, 0) is 49.7 Å². The summed E-state index contributed by atoms with van der Waals surface area (Å²) in [6, 6.07) is 6.30. The molecule has 1 N–H and O–H groups in total. The van der Waals surface area contributed by atoms with Crippen LogP contribution in [-0.2, 0) is 14.3 Å². The molecule has 0 aliphatic heterocycles. The first-order valence-corrected chi connectivity index (χ1v) is 8.09. The Morgan fingerprint density at radius 3 is 2.52 bits per heavy atom. The van der Waals surface area contributed by atoms with E-state index in [9.17, 15) is 22.8 Å². The third kappa shape index (κ3) is 5.37. The normalized spacial score (nSPS) is 11.6. The van der Waals surface area contributed by atoms with Crippen LogP contribution in [0.2, 0.25) is 5.02 Å². The lowest BCUT2D eigenvalue weighted by atomic mass is 10.2. The Kier molecular flexibility index (Phi) is 6.68. The van der Waals surface area contributed by atoms with Crippen molar-refractivity contribution in [3.63, 3.8) is 0 Å². The van der Waals surface area contributed by atoms with Crippen molar-refractivity contribution >= 4 is 29.2 Å². The van der Waals surface area contributed by atoms with E-state index in [0.717, 1.165) is 11.6 Å². The van der Waals surface area contributed by atoms with Gasteiger partial charge in [0.05, 0.1) is 5.69 Å². The monoisotopic (exact) mass is 401 g/mol. The van der Waals surface area contributed by atoms with Crippen molar-refractivity contribution in [2.75, 3.05) is 11.9 Å². The molecule has 1 amide bonds. The summed E-state index contributed by atoms with van der Waals surface area (Å²) in [5, 5.41) is 2.56. The molecule has 0 aliphatic carbocycles. The highest BCUT2D eigenvalue weighted by molar-refractivity contribution is 6.31. The number of carbonyl (C=O) groups excluding carboxylic acids is 2. The van der Waals surface area contributed by atoms with Gasteiger partial charge in [-0.25, -0.2) is 18.0 Å². The molecular weight excluding hydrogens is 387 g/mol.